The molecule has 174 valence electrons. The topological polar surface area (TPSA) is 105 Å². The van der Waals surface area contributed by atoms with Crippen molar-refractivity contribution in [2.45, 2.75) is 53.2 Å². The molecule has 0 atom stereocenters. The number of anilines is 2. The van der Waals surface area contributed by atoms with Crippen LogP contribution in [0.3, 0.4) is 0 Å². The van der Waals surface area contributed by atoms with Crippen LogP contribution in [-0.2, 0) is 32.3 Å². The van der Waals surface area contributed by atoms with Crippen LogP contribution in [0.4, 0.5) is 11.4 Å². The zero-order valence-corrected chi connectivity index (χ0v) is 19.8. The van der Waals surface area contributed by atoms with Crippen molar-refractivity contribution in [3.63, 3.8) is 0 Å². The number of hydrogen-bond acceptors (Lipinski definition) is 5. The maximum absolute atomic E-state index is 11.4. The van der Waals surface area contributed by atoms with Crippen LogP contribution in [0.15, 0.2) is 36.4 Å². The van der Waals surface area contributed by atoms with E-state index in [1.54, 1.807) is 57.2 Å². The summed E-state index contributed by atoms with van der Waals surface area (Å²) in [5.74, 6) is -0.540. The predicted octanol–water partition coefficient (Wildman–Crippen LogP) is 5.32. The first-order valence-corrected chi connectivity index (χ1v) is 10.9. The van der Waals surface area contributed by atoms with Crippen LogP contribution < -0.4 is 10.6 Å². The van der Waals surface area contributed by atoms with E-state index in [-0.39, 0.29) is 31.0 Å². The highest BCUT2D eigenvalue weighted by atomic mass is 35.5. The van der Waals surface area contributed by atoms with E-state index in [1.807, 2.05) is 0 Å². The quantitative estimate of drug-likeness (QED) is 0.441. The van der Waals surface area contributed by atoms with Gasteiger partial charge in [-0.05, 0) is 12.1 Å². The molecule has 9 heteroatoms. The minimum absolute atomic E-state index is 0.104. The van der Waals surface area contributed by atoms with Crippen LogP contribution in [0.5, 0.6) is 0 Å². The molecular formula is C23H28Cl2N2O5. The fourth-order valence-corrected chi connectivity index (χ4v) is 2.87. The number of amides is 2. The number of para-hydroxylation sites is 2. The Bertz CT molecular complexity index is 935. The third-order valence-electron chi connectivity index (χ3n) is 4.22. The summed E-state index contributed by atoms with van der Waals surface area (Å²) in [5.41, 5.74) is 2.32. The third kappa shape index (κ3) is 8.86. The average Bonchev–Trinajstić information content (AvgIpc) is 2.80. The summed E-state index contributed by atoms with van der Waals surface area (Å²) >= 11 is 11.9. The van der Waals surface area contributed by atoms with E-state index in [0.717, 1.165) is 0 Å². The molecule has 0 fully saturated rings. The molecule has 0 aromatic heterocycles. The zero-order chi connectivity index (χ0) is 24.1. The van der Waals surface area contributed by atoms with Gasteiger partial charge in [0.25, 0.3) is 0 Å². The lowest BCUT2D eigenvalue weighted by Crippen LogP contribution is -2.13. The zero-order valence-electron chi connectivity index (χ0n) is 18.3. The molecule has 3 N–H and O–H groups in total. The van der Waals surface area contributed by atoms with Gasteiger partial charge < -0.3 is 20.5 Å². The lowest BCUT2D eigenvalue weighted by Gasteiger charge is -2.12. The highest BCUT2D eigenvalue weighted by Gasteiger charge is 2.11. The number of aliphatic hydroxyl groups excluding tert-OH is 1. The Balaban J connectivity index is 0.000000330. The number of ether oxygens (including phenoxy) is 1. The van der Waals surface area contributed by atoms with E-state index in [1.165, 1.54) is 0 Å². The molecule has 0 spiro atoms. The van der Waals surface area contributed by atoms with Gasteiger partial charge in [-0.15, -0.1) is 0 Å². The number of aliphatic hydroxyl groups is 1. The summed E-state index contributed by atoms with van der Waals surface area (Å²) in [4.78, 5) is 33.7. The number of nitrogens with one attached hydrogen (secondary N) is 2. The SMILES string of the molecule is CCC(=O)Nc1c(Cl)cccc1CO.CCC(=O)Nc1c(Cl)cccc1COC(=O)CC. The molecule has 32 heavy (non-hydrogen) atoms. The molecule has 0 saturated carbocycles. The van der Waals surface area contributed by atoms with E-state index in [4.69, 9.17) is 33.0 Å². The van der Waals surface area contributed by atoms with Crippen molar-refractivity contribution in [2.24, 2.45) is 0 Å². The van der Waals surface area contributed by atoms with Gasteiger partial charge in [0.1, 0.15) is 6.61 Å². The summed E-state index contributed by atoms with van der Waals surface area (Å²) < 4.78 is 5.04. The van der Waals surface area contributed by atoms with Gasteiger partial charge in [-0.1, -0.05) is 68.2 Å². The molecule has 0 saturated heterocycles. The molecule has 2 aromatic carbocycles. The summed E-state index contributed by atoms with van der Waals surface area (Å²) in [6.07, 6.45) is 1.06. The molecule has 0 unspecified atom stereocenters. The predicted molar refractivity (Wildman–Crippen MR) is 127 cm³/mol. The van der Waals surface area contributed by atoms with Gasteiger partial charge in [0.05, 0.1) is 28.0 Å². The molecule has 2 rings (SSSR count). The standard InChI is InChI=1S/C13H16ClNO3.C10H12ClNO2/c1-3-11(16)15-13-9(6-5-7-10(13)14)8-18-12(17)4-2;1-2-9(14)12-10-7(6-13)4-3-5-8(10)11/h5-7H,3-4,8H2,1-2H3,(H,15,16);3-5,13H,2,6H2,1H3,(H,12,14). The minimum Gasteiger partial charge on any atom is -0.461 e. The normalized spacial score (nSPS) is 9.94. The van der Waals surface area contributed by atoms with E-state index in [9.17, 15) is 14.4 Å². The Morgan fingerprint density at radius 2 is 1.28 bits per heavy atom. The fraction of sp³-hybridized carbons (Fsp3) is 0.348. The molecule has 0 radical (unpaired) electrons. The monoisotopic (exact) mass is 482 g/mol. The van der Waals surface area contributed by atoms with Crippen molar-refractivity contribution < 1.29 is 24.2 Å². The number of hydrogen-bond donors (Lipinski definition) is 3. The molecule has 0 aliphatic rings. The first kappa shape index (κ1) is 27.4. The van der Waals surface area contributed by atoms with Gasteiger partial charge in [-0.25, -0.2) is 0 Å². The Morgan fingerprint density at radius 1 is 0.812 bits per heavy atom. The van der Waals surface area contributed by atoms with Gasteiger partial charge in [0.2, 0.25) is 11.8 Å². The maximum Gasteiger partial charge on any atom is 0.305 e. The van der Waals surface area contributed by atoms with E-state index >= 15 is 0 Å². The lowest BCUT2D eigenvalue weighted by molar-refractivity contribution is -0.144. The Morgan fingerprint density at radius 3 is 1.72 bits per heavy atom. The Labute approximate surface area is 198 Å². The number of benzene rings is 2. The molecule has 2 aromatic rings. The van der Waals surface area contributed by atoms with Crippen molar-refractivity contribution in [2.75, 3.05) is 10.6 Å². The van der Waals surface area contributed by atoms with Gasteiger partial charge >= 0.3 is 5.97 Å². The van der Waals surface area contributed by atoms with Gasteiger partial charge in [-0.3, -0.25) is 14.4 Å². The second-order valence-corrected chi connectivity index (χ2v) is 7.34. The largest absolute Gasteiger partial charge is 0.461 e. The summed E-state index contributed by atoms with van der Waals surface area (Å²) in [6, 6.07) is 10.3. The van der Waals surface area contributed by atoms with Crippen molar-refractivity contribution in [1.29, 1.82) is 0 Å². The molecule has 0 aliphatic carbocycles. The lowest BCUT2D eigenvalue weighted by atomic mass is 10.2. The van der Waals surface area contributed by atoms with Crippen molar-refractivity contribution in [1.82, 2.24) is 0 Å². The van der Waals surface area contributed by atoms with Gasteiger partial charge in [-0.2, -0.15) is 0 Å². The van der Waals surface area contributed by atoms with Crippen LogP contribution in [-0.4, -0.2) is 22.9 Å². The van der Waals surface area contributed by atoms with Crippen molar-refractivity contribution in [3.05, 3.63) is 57.6 Å². The van der Waals surface area contributed by atoms with E-state index < -0.39 is 0 Å². The number of carbonyl (C=O) groups is 3. The summed E-state index contributed by atoms with van der Waals surface area (Å²) in [5, 5.41) is 15.3. The van der Waals surface area contributed by atoms with Crippen LogP contribution in [0.2, 0.25) is 10.0 Å². The summed E-state index contributed by atoms with van der Waals surface area (Å²) in [6.45, 7) is 5.19. The number of esters is 1. The highest BCUT2D eigenvalue weighted by Crippen LogP contribution is 2.27. The highest BCUT2D eigenvalue weighted by molar-refractivity contribution is 6.34. The van der Waals surface area contributed by atoms with Crippen LogP contribution in [0, 0.1) is 0 Å². The van der Waals surface area contributed by atoms with Crippen molar-refractivity contribution >= 4 is 52.4 Å². The second kappa shape index (κ2) is 14.5. The first-order chi connectivity index (χ1) is 15.3. The molecule has 2 amide bonds. The van der Waals surface area contributed by atoms with E-state index in [2.05, 4.69) is 10.6 Å². The minimum atomic E-state index is -0.289. The summed E-state index contributed by atoms with van der Waals surface area (Å²) in [7, 11) is 0. The number of halogens is 2. The molecule has 0 bridgehead atoms. The maximum atomic E-state index is 11.4. The van der Waals surface area contributed by atoms with Crippen LogP contribution in [0.25, 0.3) is 0 Å². The molecule has 0 heterocycles. The van der Waals surface area contributed by atoms with Crippen LogP contribution in [0.1, 0.15) is 51.2 Å². The third-order valence-corrected chi connectivity index (χ3v) is 4.85. The Hall–Kier alpha value is -2.61. The molecular weight excluding hydrogens is 455 g/mol. The molecule has 7 nitrogen and oxygen atoms in total. The van der Waals surface area contributed by atoms with E-state index in [0.29, 0.717) is 51.8 Å². The Kier molecular flexibility index (Phi) is 12.4. The fourth-order valence-electron chi connectivity index (χ4n) is 2.39. The number of rotatable bonds is 8. The van der Waals surface area contributed by atoms with Gasteiger partial charge in [0.15, 0.2) is 0 Å². The van der Waals surface area contributed by atoms with Gasteiger partial charge in [0, 0.05) is 30.4 Å². The second-order valence-electron chi connectivity index (χ2n) is 6.52. The smallest absolute Gasteiger partial charge is 0.305 e. The molecule has 0 aliphatic heterocycles. The van der Waals surface area contributed by atoms with Crippen molar-refractivity contribution in [3.8, 4) is 0 Å². The van der Waals surface area contributed by atoms with Crippen LogP contribution >= 0.6 is 23.2 Å². The first-order valence-electron chi connectivity index (χ1n) is 10.2. The average molecular weight is 483 g/mol. The number of carbonyl (C=O) groups excluding carboxylic acids is 3.